The Morgan fingerprint density at radius 1 is 0.920 bits per heavy atom. The lowest BCUT2D eigenvalue weighted by molar-refractivity contribution is -0.118. The van der Waals surface area contributed by atoms with Gasteiger partial charge in [0.05, 0.1) is 7.11 Å². The van der Waals surface area contributed by atoms with Crippen molar-refractivity contribution < 1.29 is 14.3 Å². The second kappa shape index (κ2) is 8.56. The molecule has 4 heteroatoms. The zero-order valence-corrected chi connectivity index (χ0v) is 15.6. The van der Waals surface area contributed by atoms with E-state index in [4.69, 9.17) is 9.47 Å². The Morgan fingerprint density at radius 2 is 1.48 bits per heavy atom. The number of carbonyl (C=O) groups excluding carboxylic acids is 1. The molecule has 134 valence electrons. The van der Waals surface area contributed by atoms with Gasteiger partial charge in [-0.1, -0.05) is 58.0 Å². The van der Waals surface area contributed by atoms with Crippen molar-refractivity contribution in [3.63, 3.8) is 0 Å². The van der Waals surface area contributed by atoms with Crippen molar-refractivity contribution in [3.05, 3.63) is 53.6 Å². The van der Waals surface area contributed by atoms with Gasteiger partial charge in [-0.3, -0.25) is 4.79 Å². The smallest absolute Gasteiger partial charge is 0.262 e. The summed E-state index contributed by atoms with van der Waals surface area (Å²) in [4.78, 5) is 12.5. The van der Waals surface area contributed by atoms with Crippen LogP contribution in [0, 0.1) is 0 Å². The van der Waals surface area contributed by atoms with Crippen LogP contribution in [0.1, 0.15) is 50.7 Å². The number of carbonyl (C=O) groups is 1. The van der Waals surface area contributed by atoms with E-state index >= 15 is 0 Å². The molecule has 0 atom stereocenters. The minimum Gasteiger partial charge on any atom is -0.493 e. The van der Waals surface area contributed by atoms with E-state index < -0.39 is 0 Å². The van der Waals surface area contributed by atoms with Gasteiger partial charge in [-0.25, -0.2) is 0 Å². The molecule has 0 aliphatic heterocycles. The summed E-state index contributed by atoms with van der Waals surface area (Å²) in [6.07, 6.45) is 0. The minimum atomic E-state index is -0.180. The normalized spacial score (nSPS) is 10.8. The van der Waals surface area contributed by atoms with Crippen LogP contribution in [-0.4, -0.2) is 19.6 Å². The molecule has 0 fully saturated rings. The van der Waals surface area contributed by atoms with Crippen molar-refractivity contribution >= 4 is 11.6 Å². The van der Waals surface area contributed by atoms with E-state index in [1.54, 1.807) is 19.2 Å². The van der Waals surface area contributed by atoms with Crippen LogP contribution in [0.15, 0.2) is 42.5 Å². The van der Waals surface area contributed by atoms with Gasteiger partial charge in [0, 0.05) is 5.69 Å². The summed E-state index contributed by atoms with van der Waals surface area (Å²) in [5.74, 6) is 1.64. The molecule has 25 heavy (non-hydrogen) atoms. The molecule has 2 aromatic rings. The first-order valence-electron chi connectivity index (χ1n) is 8.62. The first-order chi connectivity index (χ1) is 11.9. The van der Waals surface area contributed by atoms with Crippen molar-refractivity contribution in [1.29, 1.82) is 0 Å². The van der Waals surface area contributed by atoms with Crippen LogP contribution in [0.2, 0.25) is 0 Å². The van der Waals surface area contributed by atoms with Gasteiger partial charge in [-0.2, -0.15) is 0 Å². The van der Waals surface area contributed by atoms with Crippen LogP contribution in [0.5, 0.6) is 11.5 Å². The second-order valence-electron chi connectivity index (χ2n) is 6.61. The fourth-order valence-corrected chi connectivity index (χ4v) is 2.75. The quantitative estimate of drug-likeness (QED) is 0.774. The number of amides is 1. The van der Waals surface area contributed by atoms with Gasteiger partial charge in [-0.05, 0) is 35.1 Å². The van der Waals surface area contributed by atoms with Crippen LogP contribution in [0.4, 0.5) is 5.69 Å². The van der Waals surface area contributed by atoms with Crippen LogP contribution < -0.4 is 14.8 Å². The summed E-state index contributed by atoms with van der Waals surface area (Å²) in [6.45, 7) is 8.44. The molecule has 1 N–H and O–H groups in total. The molecule has 0 aromatic heterocycles. The van der Waals surface area contributed by atoms with Crippen molar-refractivity contribution in [1.82, 2.24) is 0 Å². The average molecular weight is 341 g/mol. The van der Waals surface area contributed by atoms with Crippen molar-refractivity contribution in [3.8, 4) is 11.5 Å². The Morgan fingerprint density at radius 3 is 2.00 bits per heavy atom. The van der Waals surface area contributed by atoms with Crippen LogP contribution in [0.3, 0.4) is 0 Å². The zero-order valence-electron chi connectivity index (χ0n) is 15.6. The number of methoxy groups -OCH3 is 1. The lowest BCUT2D eigenvalue weighted by Crippen LogP contribution is -2.22. The van der Waals surface area contributed by atoms with E-state index in [9.17, 15) is 4.79 Å². The third-order valence-corrected chi connectivity index (χ3v) is 4.07. The molecule has 2 rings (SSSR count). The van der Waals surface area contributed by atoms with E-state index in [1.807, 2.05) is 18.2 Å². The number of para-hydroxylation sites is 3. The maximum absolute atomic E-state index is 12.5. The second-order valence-corrected chi connectivity index (χ2v) is 6.61. The van der Waals surface area contributed by atoms with Crippen molar-refractivity contribution in [2.45, 2.75) is 39.5 Å². The molecule has 0 aliphatic rings. The minimum absolute atomic E-state index is 0.0651. The highest BCUT2D eigenvalue weighted by molar-refractivity contribution is 5.93. The molecule has 1 amide bonds. The molecule has 0 heterocycles. The van der Waals surface area contributed by atoms with Gasteiger partial charge >= 0.3 is 0 Å². The van der Waals surface area contributed by atoms with E-state index in [-0.39, 0.29) is 12.5 Å². The number of hydrogen-bond donors (Lipinski definition) is 1. The lowest BCUT2D eigenvalue weighted by atomic mass is 9.92. The third-order valence-electron chi connectivity index (χ3n) is 4.07. The maximum atomic E-state index is 12.5. The van der Waals surface area contributed by atoms with Gasteiger partial charge in [0.15, 0.2) is 18.1 Å². The summed E-state index contributed by atoms with van der Waals surface area (Å²) in [7, 11) is 1.58. The fraction of sp³-hybridized carbons (Fsp3) is 0.381. The number of ether oxygens (including phenoxy) is 2. The highest BCUT2D eigenvalue weighted by atomic mass is 16.5. The summed E-state index contributed by atoms with van der Waals surface area (Å²) in [5.41, 5.74) is 3.18. The van der Waals surface area contributed by atoms with E-state index in [0.29, 0.717) is 23.3 Å². The van der Waals surface area contributed by atoms with E-state index in [1.165, 1.54) is 0 Å². The number of benzene rings is 2. The standard InChI is InChI=1S/C21H27NO3/c1-14(2)16-9-8-10-17(15(3)4)21(16)22-20(23)13-25-19-12-7-6-11-18(19)24-5/h6-12,14-15H,13H2,1-5H3,(H,22,23). The predicted octanol–water partition coefficient (Wildman–Crippen LogP) is 4.96. The Hall–Kier alpha value is -2.49. The van der Waals surface area contributed by atoms with Gasteiger partial charge in [0.1, 0.15) is 0 Å². The van der Waals surface area contributed by atoms with Crippen LogP contribution in [0.25, 0.3) is 0 Å². The third kappa shape index (κ3) is 4.75. The summed E-state index contributed by atoms with van der Waals surface area (Å²) in [5, 5.41) is 3.04. The molecule has 0 saturated carbocycles. The van der Waals surface area contributed by atoms with Crippen molar-refractivity contribution in [2.24, 2.45) is 0 Å². The molecule has 0 bridgehead atoms. The summed E-state index contributed by atoms with van der Waals surface area (Å²) < 4.78 is 10.9. The molecule has 0 radical (unpaired) electrons. The largest absolute Gasteiger partial charge is 0.493 e. The number of hydrogen-bond acceptors (Lipinski definition) is 3. The number of anilines is 1. The SMILES string of the molecule is COc1ccccc1OCC(=O)Nc1c(C(C)C)cccc1C(C)C. The topological polar surface area (TPSA) is 47.6 Å². The van der Waals surface area contributed by atoms with E-state index in [0.717, 1.165) is 16.8 Å². The molecule has 0 saturated heterocycles. The van der Waals surface area contributed by atoms with Crippen molar-refractivity contribution in [2.75, 3.05) is 19.0 Å². The van der Waals surface area contributed by atoms with Gasteiger partial charge in [0.25, 0.3) is 5.91 Å². The predicted molar refractivity (Wildman–Crippen MR) is 102 cm³/mol. The molecule has 0 unspecified atom stereocenters. The van der Waals surface area contributed by atoms with E-state index in [2.05, 4.69) is 45.1 Å². The monoisotopic (exact) mass is 341 g/mol. The number of nitrogens with one attached hydrogen (secondary N) is 1. The Kier molecular flexibility index (Phi) is 6.45. The molecule has 0 aliphatic carbocycles. The van der Waals surface area contributed by atoms with Crippen LogP contribution >= 0.6 is 0 Å². The highest BCUT2D eigenvalue weighted by Crippen LogP contribution is 2.32. The first kappa shape index (κ1) is 18.8. The Labute approximate surface area is 150 Å². The van der Waals surface area contributed by atoms with Gasteiger partial charge in [0.2, 0.25) is 0 Å². The average Bonchev–Trinajstić information content (AvgIpc) is 2.59. The van der Waals surface area contributed by atoms with Crippen LogP contribution in [-0.2, 0) is 4.79 Å². The molecule has 0 spiro atoms. The molecular formula is C21H27NO3. The first-order valence-corrected chi connectivity index (χ1v) is 8.62. The fourth-order valence-electron chi connectivity index (χ4n) is 2.75. The molecule has 4 nitrogen and oxygen atoms in total. The van der Waals surface area contributed by atoms with Gasteiger partial charge in [-0.15, -0.1) is 0 Å². The number of rotatable bonds is 7. The lowest BCUT2D eigenvalue weighted by Gasteiger charge is -2.20. The molecule has 2 aromatic carbocycles. The van der Waals surface area contributed by atoms with Gasteiger partial charge < -0.3 is 14.8 Å². The Balaban J connectivity index is 2.15. The maximum Gasteiger partial charge on any atom is 0.262 e. The zero-order chi connectivity index (χ0) is 18.4. The molecular weight excluding hydrogens is 314 g/mol. The highest BCUT2D eigenvalue weighted by Gasteiger charge is 2.16. The summed E-state index contributed by atoms with van der Waals surface area (Å²) >= 11 is 0. The Bertz CT molecular complexity index is 697. The summed E-state index contributed by atoms with van der Waals surface area (Å²) in [6, 6.07) is 13.5.